The molecule has 2 N–H and O–H groups in total. The van der Waals surface area contributed by atoms with Gasteiger partial charge in [0.2, 0.25) is 0 Å². The van der Waals surface area contributed by atoms with Crippen LogP contribution in [0.2, 0.25) is 5.02 Å². The van der Waals surface area contributed by atoms with E-state index in [1.165, 1.54) is 0 Å². The summed E-state index contributed by atoms with van der Waals surface area (Å²) >= 11 is 6.01. The van der Waals surface area contributed by atoms with Crippen molar-refractivity contribution in [1.82, 2.24) is 10.6 Å². The molecule has 1 atom stereocenters. The topological polar surface area (TPSA) is 33.3 Å². The van der Waals surface area contributed by atoms with Crippen LogP contribution in [0.4, 0.5) is 0 Å². The monoisotopic (exact) mass is 254 g/mol. The first kappa shape index (κ1) is 12.7. The van der Waals surface area contributed by atoms with E-state index in [1.807, 2.05) is 18.2 Å². The first-order chi connectivity index (χ1) is 8.13. The Morgan fingerprint density at radius 3 is 3.00 bits per heavy atom. The summed E-state index contributed by atoms with van der Waals surface area (Å²) in [7, 11) is 1.69. The molecule has 1 unspecified atom stereocenters. The standard InChI is InChI=1S/C13H19ClN2O/c1-13(5-6-15-9-13)16-8-10-7-11(14)3-4-12(10)17-2/h3-4,7,15-16H,5-6,8-9H2,1-2H3. The maximum absolute atomic E-state index is 6.01. The van der Waals surface area contributed by atoms with Gasteiger partial charge in [-0.2, -0.15) is 0 Å². The molecule has 1 aliphatic rings. The van der Waals surface area contributed by atoms with E-state index in [-0.39, 0.29) is 5.54 Å². The SMILES string of the molecule is COc1ccc(Cl)cc1CNC1(C)CCNC1. The van der Waals surface area contributed by atoms with Crippen molar-refractivity contribution >= 4 is 11.6 Å². The smallest absolute Gasteiger partial charge is 0.123 e. The van der Waals surface area contributed by atoms with Crippen LogP contribution >= 0.6 is 11.6 Å². The number of benzene rings is 1. The first-order valence-electron chi connectivity index (χ1n) is 5.91. The summed E-state index contributed by atoms with van der Waals surface area (Å²) in [4.78, 5) is 0. The van der Waals surface area contributed by atoms with Crippen molar-refractivity contribution in [2.75, 3.05) is 20.2 Å². The predicted octanol–water partition coefficient (Wildman–Crippen LogP) is 2.19. The lowest BCUT2D eigenvalue weighted by Crippen LogP contribution is -2.43. The molecule has 2 rings (SSSR count). The van der Waals surface area contributed by atoms with Crippen LogP contribution in [0.25, 0.3) is 0 Å². The zero-order valence-corrected chi connectivity index (χ0v) is 11.1. The summed E-state index contributed by atoms with van der Waals surface area (Å²) in [6, 6.07) is 5.72. The molecule has 0 saturated carbocycles. The van der Waals surface area contributed by atoms with Crippen molar-refractivity contribution in [1.29, 1.82) is 0 Å². The molecule has 1 saturated heterocycles. The predicted molar refractivity (Wildman–Crippen MR) is 70.7 cm³/mol. The summed E-state index contributed by atoms with van der Waals surface area (Å²) in [5.74, 6) is 0.886. The van der Waals surface area contributed by atoms with E-state index in [0.717, 1.165) is 42.4 Å². The van der Waals surface area contributed by atoms with E-state index in [1.54, 1.807) is 7.11 Å². The summed E-state index contributed by atoms with van der Waals surface area (Å²) in [6.45, 7) is 5.11. The van der Waals surface area contributed by atoms with E-state index in [0.29, 0.717) is 0 Å². The Labute approximate surface area is 107 Å². The second-order valence-electron chi connectivity index (χ2n) is 4.80. The number of nitrogens with one attached hydrogen (secondary N) is 2. The fraction of sp³-hybridized carbons (Fsp3) is 0.538. The fourth-order valence-electron chi connectivity index (χ4n) is 2.16. The van der Waals surface area contributed by atoms with Gasteiger partial charge >= 0.3 is 0 Å². The van der Waals surface area contributed by atoms with Crippen molar-refractivity contribution in [3.8, 4) is 5.75 Å². The maximum Gasteiger partial charge on any atom is 0.123 e. The van der Waals surface area contributed by atoms with E-state index < -0.39 is 0 Å². The van der Waals surface area contributed by atoms with Crippen LogP contribution in [0.5, 0.6) is 5.75 Å². The zero-order valence-electron chi connectivity index (χ0n) is 10.3. The third kappa shape index (κ3) is 3.12. The van der Waals surface area contributed by atoms with Crippen molar-refractivity contribution in [2.24, 2.45) is 0 Å². The lowest BCUT2D eigenvalue weighted by atomic mass is 10.0. The minimum atomic E-state index is 0.174. The molecule has 0 radical (unpaired) electrons. The Hall–Kier alpha value is -0.770. The van der Waals surface area contributed by atoms with Crippen molar-refractivity contribution in [3.63, 3.8) is 0 Å². The average molecular weight is 255 g/mol. The molecule has 1 heterocycles. The van der Waals surface area contributed by atoms with Gasteiger partial charge < -0.3 is 15.4 Å². The maximum atomic E-state index is 6.01. The minimum absolute atomic E-state index is 0.174. The Morgan fingerprint density at radius 1 is 1.53 bits per heavy atom. The van der Waals surface area contributed by atoms with Crippen LogP contribution in [-0.2, 0) is 6.54 Å². The molecule has 0 aromatic heterocycles. The van der Waals surface area contributed by atoms with Crippen molar-refractivity contribution < 1.29 is 4.74 Å². The molecule has 0 aliphatic carbocycles. The molecule has 0 bridgehead atoms. The Bertz CT molecular complexity index is 389. The lowest BCUT2D eigenvalue weighted by Gasteiger charge is -2.25. The quantitative estimate of drug-likeness (QED) is 0.864. The highest BCUT2D eigenvalue weighted by Crippen LogP contribution is 2.23. The zero-order chi connectivity index (χ0) is 12.3. The van der Waals surface area contributed by atoms with Gasteiger partial charge in [0.1, 0.15) is 5.75 Å². The van der Waals surface area contributed by atoms with E-state index in [9.17, 15) is 0 Å². The van der Waals surface area contributed by atoms with E-state index in [4.69, 9.17) is 16.3 Å². The second kappa shape index (κ2) is 5.25. The molecule has 3 nitrogen and oxygen atoms in total. The Balaban J connectivity index is 2.05. The van der Waals surface area contributed by atoms with Gasteiger partial charge in [0, 0.05) is 29.2 Å². The van der Waals surface area contributed by atoms with E-state index >= 15 is 0 Å². The lowest BCUT2D eigenvalue weighted by molar-refractivity contribution is 0.372. The second-order valence-corrected chi connectivity index (χ2v) is 5.23. The molecule has 1 aromatic carbocycles. The van der Waals surface area contributed by atoms with Crippen LogP contribution in [-0.4, -0.2) is 25.7 Å². The molecule has 1 aromatic rings. The molecule has 0 amide bonds. The molecular weight excluding hydrogens is 236 g/mol. The summed E-state index contributed by atoms with van der Waals surface area (Å²) < 4.78 is 5.33. The Kier molecular flexibility index (Phi) is 3.92. The number of ether oxygens (including phenoxy) is 1. The highest BCUT2D eigenvalue weighted by atomic mass is 35.5. The normalized spacial score (nSPS) is 23.9. The molecule has 1 aliphatic heterocycles. The molecule has 0 spiro atoms. The largest absolute Gasteiger partial charge is 0.496 e. The highest BCUT2D eigenvalue weighted by molar-refractivity contribution is 6.30. The van der Waals surface area contributed by atoms with Gasteiger partial charge in [-0.3, -0.25) is 0 Å². The summed E-state index contributed by atoms with van der Waals surface area (Å²) in [5.41, 5.74) is 1.28. The van der Waals surface area contributed by atoms with Crippen LogP contribution in [0.3, 0.4) is 0 Å². The third-order valence-corrected chi connectivity index (χ3v) is 3.55. The van der Waals surface area contributed by atoms with Crippen LogP contribution < -0.4 is 15.4 Å². The molecular formula is C13H19ClN2O. The van der Waals surface area contributed by atoms with Gasteiger partial charge in [-0.05, 0) is 38.1 Å². The number of hydrogen-bond acceptors (Lipinski definition) is 3. The number of hydrogen-bond donors (Lipinski definition) is 2. The van der Waals surface area contributed by atoms with Gasteiger partial charge in [0.05, 0.1) is 7.11 Å². The third-order valence-electron chi connectivity index (χ3n) is 3.32. The number of halogens is 1. The fourth-order valence-corrected chi connectivity index (χ4v) is 2.36. The first-order valence-corrected chi connectivity index (χ1v) is 6.29. The van der Waals surface area contributed by atoms with Gasteiger partial charge in [0.25, 0.3) is 0 Å². The molecule has 17 heavy (non-hydrogen) atoms. The van der Waals surface area contributed by atoms with Crippen molar-refractivity contribution in [2.45, 2.75) is 25.4 Å². The Morgan fingerprint density at radius 2 is 2.35 bits per heavy atom. The van der Waals surface area contributed by atoms with Crippen molar-refractivity contribution in [3.05, 3.63) is 28.8 Å². The average Bonchev–Trinajstić information content (AvgIpc) is 2.74. The van der Waals surface area contributed by atoms with Crippen LogP contribution in [0, 0.1) is 0 Å². The summed E-state index contributed by atoms with van der Waals surface area (Å²) in [6.07, 6.45) is 1.15. The summed E-state index contributed by atoms with van der Waals surface area (Å²) in [5, 5.41) is 7.69. The number of rotatable bonds is 4. The van der Waals surface area contributed by atoms with Gasteiger partial charge in [-0.15, -0.1) is 0 Å². The van der Waals surface area contributed by atoms with Crippen LogP contribution in [0.15, 0.2) is 18.2 Å². The van der Waals surface area contributed by atoms with Gasteiger partial charge in [-0.25, -0.2) is 0 Å². The van der Waals surface area contributed by atoms with Crippen LogP contribution in [0.1, 0.15) is 18.9 Å². The minimum Gasteiger partial charge on any atom is -0.496 e. The number of methoxy groups -OCH3 is 1. The molecule has 1 fully saturated rings. The molecule has 4 heteroatoms. The highest BCUT2D eigenvalue weighted by Gasteiger charge is 2.27. The van der Waals surface area contributed by atoms with Gasteiger partial charge in [-0.1, -0.05) is 11.6 Å². The van der Waals surface area contributed by atoms with E-state index in [2.05, 4.69) is 17.6 Å². The van der Waals surface area contributed by atoms with Gasteiger partial charge in [0.15, 0.2) is 0 Å². The molecule has 94 valence electrons.